The minimum absolute atomic E-state index is 0.424. The summed E-state index contributed by atoms with van der Waals surface area (Å²) in [6.45, 7) is 5.55. The Hall–Kier alpha value is -1.68. The van der Waals surface area contributed by atoms with E-state index in [0.717, 1.165) is 29.5 Å². The molecule has 4 nitrogen and oxygen atoms in total. The van der Waals surface area contributed by atoms with Crippen molar-refractivity contribution in [2.45, 2.75) is 26.3 Å². The molecule has 0 aliphatic carbocycles. The maximum Gasteiger partial charge on any atom is 0.207 e. The zero-order valence-electron chi connectivity index (χ0n) is 11.2. The molecular formula is C14H18ClN3O. The van der Waals surface area contributed by atoms with Crippen molar-refractivity contribution >= 4 is 23.2 Å². The Kier molecular flexibility index (Phi) is 4.68. The van der Waals surface area contributed by atoms with Gasteiger partial charge in [0.15, 0.2) is 0 Å². The van der Waals surface area contributed by atoms with Crippen molar-refractivity contribution < 1.29 is 4.74 Å². The number of ether oxygens (including phenoxy) is 1. The Labute approximate surface area is 118 Å². The zero-order chi connectivity index (χ0) is 13.7. The Bertz CT molecular complexity index is 539. The van der Waals surface area contributed by atoms with Gasteiger partial charge in [-0.1, -0.05) is 0 Å². The molecule has 0 saturated carbocycles. The summed E-state index contributed by atoms with van der Waals surface area (Å²) in [6.07, 6.45) is 3.72. The van der Waals surface area contributed by atoms with E-state index in [-0.39, 0.29) is 0 Å². The van der Waals surface area contributed by atoms with Gasteiger partial charge in [0.25, 0.3) is 0 Å². The van der Waals surface area contributed by atoms with Crippen LogP contribution in [0.25, 0.3) is 0 Å². The van der Waals surface area contributed by atoms with Crippen LogP contribution < -0.4 is 10.1 Å². The number of alkyl halides is 1. The Balaban J connectivity index is 2.21. The van der Waals surface area contributed by atoms with E-state index in [4.69, 9.17) is 16.3 Å². The number of nitrogens with zero attached hydrogens (tertiary/aromatic N) is 2. The fourth-order valence-corrected chi connectivity index (χ4v) is 2.08. The normalized spacial score (nSPS) is 10.5. The quantitative estimate of drug-likeness (QED) is 0.818. The topological polar surface area (TPSA) is 39.1 Å². The van der Waals surface area contributed by atoms with Crippen molar-refractivity contribution in [2.24, 2.45) is 0 Å². The number of benzene rings is 1. The van der Waals surface area contributed by atoms with Gasteiger partial charge in [0, 0.05) is 30.2 Å². The molecule has 0 fully saturated rings. The number of halogens is 1. The lowest BCUT2D eigenvalue weighted by atomic mass is 10.2. The predicted molar refractivity (Wildman–Crippen MR) is 78.4 cm³/mol. The number of rotatable bonds is 6. The standard InChI is InChI=1S/C14H18ClN3O/c1-3-18-8-7-16-14(18)17-12-5-6-13(19-4-2)11(9-12)10-15/h5-9H,3-4,10H2,1-2H3,(H,16,17). The average Bonchev–Trinajstić information content (AvgIpc) is 2.88. The Morgan fingerprint density at radius 3 is 2.89 bits per heavy atom. The van der Waals surface area contributed by atoms with E-state index in [0.29, 0.717) is 12.5 Å². The summed E-state index contributed by atoms with van der Waals surface area (Å²) in [5.74, 6) is 2.08. The molecule has 1 heterocycles. The fourth-order valence-electron chi connectivity index (χ4n) is 1.88. The lowest BCUT2D eigenvalue weighted by molar-refractivity contribution is 0.337. The molecule has 102 valence electrons. The van der Waals surface area contributed by atoms with Crippen LogP contribution in [0.3, 0.4) is 0 Å². The van der Waals surface area contributed by atoms with Crippen molar-refractivity contribution in [3.05, 3.63) is 36.2 Å². The third-order valence-corrected chi connectivity index (χ3v) is 3.10. The molecule has 0 spiro atoms. The first-order chi connectivity index (χ1) is 9.28. The van der Waals surface area contributed by atoms with Crippen molar-refractivity contribution in [1.29, 1.82) is 0 Å². The molecule has 5 heteroatoms. The highest BCUT2D eigenvalue weighted by molar-refractivity contribution is 6.17. The van der Waals surface area contributed by atoms with Crippen LogP contribution in [0.1, 0.15) is 19.4 Å². The molecule has 0 atom stereocenters. The largest absolute Gasteiger partial charge is 0.494 e. The summed E-state index contributed by atoms with van der Waals surface area (Å²) in [5.41, 5.74) is 1.93. The van der Waals surface area contributed by atoms with Gasteiger partial charge in [-0.2, -0.15) is 0 Å². The van der Waals surface area contributed by atoms with Crippen LogP contribution in [0.4, 0.5) is 11.6 Å². The zero-order valence-corrected chi connectivity index (χ0v) is 11.9. The third kappa shape index (κ3) is 3.20. The number of hydrogen-bond acceptors (Lipinski definition) is 3. The number of hydrogen-bond donors (Lipinski definition) is 1. The van der Waals surface area contributed by atoms with Crippen molar-refractivity contribution in [3.63, 3.8) is 0 Å². The van der Waals surface area contributed by atoms with Gasteiger partial charge in [-0.25, -0.2) is 4.98 Å². The van der Waals surface area contributed by atoms with E-state index >= 15 is 0 Å². The van der Waals surface area contributed by atoms with Gasteiger partial charge in [-0.15, -0.1) is 11.6 Å². The van der Waals surface area contributed by atoms with Crippen LogP contribution in [0.5, 0.6) is 5.75 Å². The number of anilines is 2. The molecule has 0 saturated heterocycles. The van der Waals surface area contributed by atoms with E-state index in [2.05, 4.69) is 17.2 Å². The lowest BCUT2D eigenvalue weighted by Gasteiger charge is -2.12. The van der Waals surface area contributed by atoms with Crippen molar-refractivity contribution in [2.75, 3.05) is 11.9 Å². The van der Waals surface area contributed by atoms with Gasteiger partial charge in [-0.05, 0) is 32.0 Å². The van der Waals surface area contributed by atoms with Gasteiger partial charge in [0.1, 0.15) is 5.75 Å². The highest BCUT2D eigenvalue weighted by Crippen LogP contribution is 2.26. The minimum atomic E-state index is 0.424. The minimum Gasteiger partial charge on any atom is -0.494 e. The molecule has 1 aromatic carbocycles. The van der Waals surface area contributed by atoms with E-state index in [9.17, 15) is 0 Å². The highest BCUT2D eigenvalue weighted by Gasteiger charge is 2.06. The van der Waals surface area contributed by atoms with E-state index in [1.165, 1.54) is 0 Å². The van der Waals surface area contributed by atoms with Crippen LogP contribution >= 0.6 is 11.6 Å². The number of aromatic nitrogens is 2. The molecule has 0 aliphatic rings. The fraction of sp³-hybridized carbons (Fsp3) is 0.357. The monoisotopic (exact) mass is 279 g/mol. The molecule has 1 N–H and O–H groups in total. The molecule has 0 bridgehead atoms. The first-order valence-corrected chi connectivity index (χ1v) is 6.91. The molecule has 19 heavy (non-hydrogen) atoms. The highest BCUT2D eigenvalue weighted by atomic mass is 35.5. The lowest BCUT2D eigenvalue weighted by Crippen LogP contribution is -2.02. The molecule has 0 amide bonds. The number of imidazole rings is 1. The summed E-state index contributed by atoms with van der Waals surface area (Å²) in [6, 6.07) is 5.89. The second kappa shape index (κ2) is 6.48. The van der Waals surface area contributed by atoms with Gasteiger partial charge in [0.2, 0.25) is 5.95 Å². The van der Waals surface area contributed by atoms with Crippen LogP contribution in [-0.4, -0.2) is 16.2 Å². The van der Waals surface area contributed by atoms with E-state index < -0.39 is 0 Å². The maximum atomic E-state index is 5.95. The Morgan fingerprint density at radius 2 is 2.21 bits per heavy atom. The maximum absolute atomic E-state index is 5.95. The molecule has 0 radical (unpaired) electrons. The SMILES string of the molecule is CCOc1ccc(Nc2nccn2CC)cc1CCl. The van der Waals surface area contributed by atoms with Gasteiger partial charge >= 0.3 is 0 Å². The molecule has 2 rings (SSSR count). The van der Waals surface area contributed by atoms with Gasteiger partial charge in [-0.3, -0.25) is 0 Å². The average molecular weight is 280 g/mol. The van der Waals surface area contributed by atoms with Crippen molar-refractivity contribution in [3.8, 4) is 5.75 Å². The summed E-state index contributed by atoms with van der Waals surface area (Å²) in [7, 11) is 0. The third-order valence-electron chi connectivity index (χ3n) is 2.82. The second-order valence-corrected chi connectivity index (χ2v) is 4.32. The van der Waals surface area contributed by atoms with Gasteiger partial charge in [0.05, 0.1) is 12.5 Å². The van der Waals surface area contributed by atoms with E-state index in [1.807, 2.05) is 35.9 Å². The summed E-state index contributed by atoms with van der Waals surface area (Å²) in [4.78, 5) is 4.28. The first-order valence-electron chi connectivity index (χ1n) is 6.38. The van der Waals surface area contributed by atoms with Crippen molar-refractivity contribution in [1.82, 2.24) is 9.55 Å². The molecule has 0 aliphatic heterocycles. The first kappa shape index (κ1) is 13.7. The predicted octanol–water partition coefficient (Wildman–Crippen LogP) is 3.78. The van der Waals surface area contributed by atoms with Crippen LogP contribution in [0, 0.1) is 0 Å². The molecule has 0 unspecified atom stereocenters. The smallest absolute Gasteiger partial charge is 0.207 e. The van der Waals surface area contributed by atoms with E-state index in [1.54, 1.807) is 6.20 Å². The number of nitrogens with one attached hydrogen (secondary N) is 1. The molecular weight excluding hydrogens is 262 g/mol. The van der Waals surface area contributed by atoms with Crippen LogP contribution in [0.2, 0.25) is 0 Å². The van der Waals surface area contributed by atoms with Crippen LogP contribution in [0.15, 0.2) is 30.6 Å². The Morgan fingerprint density at radius 1 is 1.37 bits per heavy atom. The van der Waals surface area contributed by atoms with Gasteiger partial charge < -0.3 is 14.6 Å². The second-order valence-electron chi connectivity index (χ2n) is 4.05. The summed E-state index contributed by atoms with van der Waals surface area (Å²) in [5, 5.41) is 3.29. The molecule has 2 aromatic rings. The van der Waals surface area contributed by atoms with Crippen LogP contribution in [-0.2, 0) is 12.4 Å². The summed E-state index contributed by atoms with van der Waals surface area (Å²) >= 11 is 5.95. The molecule has 1 aromatic heterocycles. The summed E-state index contributed by atoms with van der Waals surface area (Å²) < 4.78 is 7.57. The number of aryl methyl sites for hydroxylation is 1.